The molecule has 1 aliphatic carbocycles. The Morgan fingerprint density at radius 3 is 2.26 bits per heavy atom. The Kier molecular flexibility index (Phi) is 11.3. The van der Waals surface area contributed by atoms with Crippen LogP contribution in [0.2, 0.25) is 0 Å². The highest BCUT2D eigenvalue weighted by Crippen LogP contribution is 2.34. The van der Waals surface area contributed by atoms with E-state index < -0.39 is 11.8 Å². The zero-order valence-corrected chi connectivity index (χ0v) is 28.1. The van der Waals surface area contributed by atoms with Gasteiger partial charge in [0.15, 0.2) is 5.17 Å². The molecule has 2 aliphatic rings. The third-order valence-corrected chi connectivity index (χ3v) is 9.61. The molecule has 1 fully saturated rings. The van der Waals surface area contributed by atoms with Crippen LogP contribution >= 0.6 is 11.8 Å². The second-order valence-electron chi connectivity index (χ2n) is 11.8. The lowest BCUT2D eigenvalue weighted by Gasteiger charge is -2.28. The van der Waals surface area contributed by atoms with Crippen LogP contribution in [-0.4, -0.2) is 38.1 Å². The molecule has 1 N–H and O–H groups in total. The number of allylic oxidation sites excluding steroid dienone is 4. The molecule has 7 nitrogen and oxygen atoms in total. The van der Waals surface area contributed by atoms with Crippen LogP contribution in [0.3, 0.4) is 0 Å². The van der Waals surface area contributed by atoms with E-state index in [9.17, 15) is 14.4 Å². The van der Waals surface area contributed by atoms with Crippen molar-refractivity contribution in [2.24, 2.45) is 4.99 Å². The van der Waals surface area contributed by atoms with E-state index in [1.807, 2.05) is 73.7 Å². The fraction of sp³-hybridized carbons (Fsp3) is 0.282. The standard InChI is InChI=1S/C39H42N4O3S/c1-5-7-21-32(6-2)43-38(46)34(25-31-24-27(3)42(28(31)4)33-22-15-10-16-23-33)37(45)41-39(43)47-26-35(44)40-36(29-17-11-8-12-18-29)30-19-13-9-14-20-30/h5-9,11-14,17-21,24-25,33,36H,1,10,15-16,22-23,26H2,2-4H3,(H,40,44)/b21-7-,32-6+,34-25+. The van der Waals surface area contributed by atoms with Gasteiger partial charge in [-0.05, 0) is 68.5 Å². The van der Waals surface area contributed by atoms with Crippen molar-refractivity contribution in [1.29, 1.82) is 0 Å². The number of carbonyl (C=O) groups is 3. The minimum atomic E-state index is -0.619. The van der Waals surface area contributed by atoms with E-state index in [2.05, 4.69) is 35.3 Å². The molecule has 2 aromatic carbocycles. The van der Waals surface area contributed by atoms with Crippen LogP contribution in [0.5, 0.6) is 0 Å². The second-order valence-corrected chi connectivity index (χ2v) is 12.7. The van der Waals surface area contributed by atoms with Gasteiger partial charge in [0.1, 0.15) is 5.57 Å². The molecule has 1 aliphatic heterocycles. The van der Waals surface area contributed by atoms with Crippen molar-refractivity contribution < 1.29 is 14.4 Å². The summed E-state index contributed by atoms with van der Waals surface area (Å²) < 4.78 is 2.35. The van der Waals surface area contributed by atoms with E-state index in [1.54, 1.807) is 30.4 Å². The third kappa shape index (κ3) is 7.83. The Hall–Kier alpha value is -4.69. The number of hydrogen-bond acceptors (Lipinski definition) is 4. The van der Waals surface area contributed by atoms with Crippen LogP contribution in [0, 0.1) is 13.8 Å². The van der Waals surface area contributed by atoms with Crippen molar-refractivity contribution in [1.82, 2.24) is 14.8 Å². The average molecular weight is 647 g/mol. The number of aliphatic imine (C=N–C) groups is 1. The van der Waals surface area contributed by atoms with E-state index in [1.165, 1.54) is 24.2 Å². The predicted molar refractivity (Wildman–Crippen MR) is 192 cm³/mol. The lowest BCUT2D eigenvalue weighted by atomic mass is 9.95. The molecule has 8 heteroatoms. The van der Waals surface area contributed by atoms with E-state index in [0.29, 0.717) is 11.7 Å². The Bertz CT molecular complexity index is 1710. The summed E-state index contributed by atoms with van der Waals surface area (Å²) in [5.74, 6) is -1.40. The Morgan fingerprint density at radius 1 is 1.02 bits per heavy atom. The number of thioether (sulfide) groups is 1. The first-order valence-corrected chi connectivity index (χ1v) is 17.2. The number of nitrogens with zero attached hydrogens (tertiary/aromatic N) is 3. The molecule has 5 rings (SSSR count). The summed E-state index contributed by atoms with van der Waals surface area (Å²) in [7, 11) is 0. The molecule has 2 heterocycles. The fourth-order valence-electron chi connectivity index (χ4n) is 6.40. The van der Waals surface area contributed by atoms with E-state index in [0.717, 1.165) is 52.7 Å². The second kappa shape index (κ2) is 15.7. The monoisotopic (exact) mass is 646 g/mol. The van der Waals surface area contributed by atoms with Crippen LogP contribution in [0.4, 0.5) is 0 Å². The van der Waals surface area contributed by atoms with Crippen LogP contribution < -0.4 is 5.32 Å². The molecule has 0 atom stereocenters. The maximum absolute atomic E-state index is 14.1. The summed E-state index contributed by atoms with van der Waals surface area (Å²) in [4.78, 5) is 46.8. The molecule has 47 heavy (non-hydrogen) atoms. The average Bonchev–Trinajstić information content (AvgIpc) is 3.38. The lowest BCUT2D eigenvalue weighted by Crippen LogP contribution is -2.42. The third-order valence-electron chi connectivity index (χ3n) is 8.68. The highest BCUT2D eigenvalue weighted by Gasteiger charge is 2.35. The summed E-state index contributed by atoms with van der Waals surface area (Å²) in [5.41, 5.74) is 5.41. The summed E-state index contributed by atoms with van der Waals surface area (Å²) in [6.07, 6.45) is 14.5. The molecular formula is C39H42N4O3S. The first kappa shape index (κ1) is 33.7. The van der Waals surface area contributed by atoms with Crippen molar-refractivity contribution >= 4 is 40.7 Å². The smallest absolute Gasteiger partial charge is 0.285 e. The van der Waals surface area contributed by atoms with E-state index >= 15 is 0 Å². The topological polar surface area (TPSA) is 83.8 Å². The maximum atomic E-state index is 14.1. The minimum Gasteiger partial charge on any atom is -0.346 e. The number of amidine groups is 1. The van der Waals surface area contributed by atoms with Crippen molar-refractivity contribution in [3.8, 4) is 0 Å². The molecular weight excluding hydrogens is 605 g/mol. The van der Waals surface area contributed by atoms with Gasteiger partial charge in [-0.1, -0.05) is 116 Å². The van der Waals surface area contributed by atoms with Crippen molar-refractivity contribution in [2.75, 3.05) is 5.75 Å². The predicted octanol–water partition coefficient (Wildman–Crippen LogP) is 8.00. The fourth-order valence-corrected chi connectivity index (χ4v) is 7.21. The first-order valence-electron chi connectivity index (χ1n) is 16.2. The van der Waals surface area contributed by atoms with Gasteiger partial charge in [0, 0.05) is 23.1 Å². The molecule has 0 saturated heterocycles. The number of aryl methyl sites for hydroxylation is 1. The summed E-state index contributed by atoms with van der Waals surface area (Å²) in [5, 5.41) is 3.28. The van der Waals surface area contributed by atoms with Gasteiger partial charge < -0.3 is 9.88 Å². The molecule has 0 bridgehead atoms. The number of hydrogen-bond donors (Lipinski definition) is 1. The van der Waals surface area contributed by atoms with Gasteiger partial charge in [-0.2, -0.15) is 4.99 Å². The van der Waals surface area contributed by atoms with E-state index in [4.69, 9.17) is 0 Å². The maximum Gasteiger partial charge on any atom is 0.285 e. The zero-order chi connectivity index (χ0) is 33.3. The van der Waals surface area contributed by atoms with Crippen LogP contribution in [0.1, 0.15) is 79.2 Å². The summed E-state index contributed by atoms with van der Waals surface area (Å²) in [6.45, 7) is 9.70. The number of amides is 3. The molecule has 1 saturated carbocycles. The molecule has 242 valence electrons. The number of nitrogens with one attached hydrogen (secondary N) is 1. The highest BCUT2D eigenvalue weighted by atomic mass is 32.2. The Morgan fingerprint density at radius 2 is 1.66 bits per heavy atom. The van der Waals surface area contributed by atoms with Gasteiger partial charge in [0.05, 0.1) is 11.8 Å². The molecule has 0 radical (unpaired) electrons. The summed E-state index contributed by atoms with van der Waals surface area (Å²) >= 11 is 1.06. The van der Waals surface area contributed by atoms with Crippen LogP contribution in [0.15, 0.2) is 114 Å². The zero-order valence-electron chi connectivity index (χ0n) is 27.3. The van der Waals surface area contributed by atoms with Gasteiger partial charge in [0.25, 0.3) is 11.8 Å². The number of rotatable bonds is 10. The number of aromatic nitrogens is 1. The van der Waals surface area contributed by atoms with Gasteiger partial charge in [-0.3, -0.25) is 19.3 Å². The minimum absolute atomic E-state index is 0.0118. The normalized spacial score (nSPS) is 17.1. The van der Waals surface area contributed by atoms with Crippen molar-refractivity contribution in [3.05, 3.63) is 137 Å². The van der Waals surface area contributed by atoms with Crippen molar-refractivity contribution in [3.63, 3.8) is 0 Å². The number of benzene rings is 2. The lowest BCUT2D eigenvalue weighted by molar-refractivity contribution is -0.126. The van der Waals surface area contributed by atoms with Crippen molar-refractivity contribution in [2.45, 2.75) is 65.0 Å². The number of carbonyl (C=O) groups excluding carboxylic acids is 3. The molecule has 1 aromatic heterocycles. The molecule has 3 amide bonds. The first-order chi connectivity index (χ1) is 22.8. The molecule has 3 aromatic rings. The highest BCUT2D eigenvalue weighted by molar-refractivity contribution is 8.14. The SMILES string of the molecule is C=C/C=C\C(=C/C)N1C(=O)/C(=C/c2cc(C)n(C3CCCCC3)c2C)C(=O)N=C1SCC(=O)NC(c1ccccc1)c1ccccc1. The Labute approximate surface area is 281 Å². The Balaban J connectivity index is 1.42. The van der Waals surface area contributed by atoms with E-state index in [-0.39, 0.29) is 28.4 Å². The van der Waals surface area contributed by atoms with Gasteiger partial charge in [0.2, 0.25) is 5.91 Å². The van der Waals surface area contributed by atoms with Crippen LogP contribution in [-0.2, 0) is 14.4 Å². The summed E-state index contributed by atoms with van der Waals surface area (Å²) in [6, 6.07) is 21.6. The largest absolute Gasteiger partial charge is 0.346 e. The van der Waals surface area contributed by atoms with Gasteiger partial charge >= 0.3 is 0 Å². The molecule has 0 spiro atoms. The van der Waals surface area contributed by atoms with Crippen LogP contribution in [0.25, 0.3) is 6.08 Å². The quantitative estimate of drug-likeness (QED) is 0.137. The van der Waals surface area contributed by atoms with Gasteiger partial charge in [-0.15, -0.1) is 0 Å². The molecule has 0 unspecified atom stereocenters. The van der Waals surface area contributed by atoms with Gasteiger partial charge in [-0.25, -0.2) is 0 Å².